The molecule has 0 saturated heterocycles. The SMILES string of the molecule is O=C(/C=C/c1ccccc1)N1CC/C(=N\O)c2cc(Cl)ccc21. The van der Waals surface area contributed by atoms with Gasteiger partial charge in [-0.25, -0.2) is 0 Å². The molecule has 2 aromatic carbocycles. The van der Waals surface area contributed by atoms with E-state index >= 15 is 0 Å². The Labute approximate surface area is 139 Å². The molecule has 0 saturated carbocycles. The minimum Gasteiger partial charge on any atom is -0.411 e. The van der Waals surface area contributed by atoms with Crippen LogP contribution in [0.4, 0.5) is 5.69 Å². The lowest BCUT2D eigenvalue weighted by Crippen LogP contribution is -2.36. The minimum absolute atomic E-state index is 0.116. The lowest BCUT2D eigenvalue weighted by molar-refractivity contribution is -0.114. The Bertz CT molecular complexity index is 785. The maximum Gasteiger partial charge on any atom is 0.251 e. The van der Waals surface area contributed by atoms with Gasteiger partial charge in [0.2, 0.25) is 0 Å². The van der Waals surface area contributed by atoms with Gasteiger partial charge in [0.25, 0.3) is 5.91 Å². The molecule has 0 aromatic heterocycles. The third-order valence-corrected chi connectivity index (χ3v) is 3.97. The number of oxime groups is 1. The van der Waals surface area contributed by atoms with Crippen molar-refractivity contribution < 1.29 is 10.0 Å². The van der Waals surface area contributed by atoms with Crippen molar-refractivity contribution in [3.63, 3.8) is 0 Å². The average Bonchev–Trinajstić information content (AvgIpc) is 2.59. The number of carbonyl (C=O) groups excluding carboxylic acids is 1. The van der Waals surface area contributed by atoms with Gasteiger partial charge in [0.05, 0.1) is 11.4 Å². The van der Waals surface area contributed by atoms with Crippen LogP contribution in [0.1, 0.15) is 17.5 Å². The van der Waals surface area contributed by atoms with E-state index in [0.29, 0.717) is 35.0 Å². The summed E-state index contributed by atoms with van der Waals surface area (Å²) in [6.45, 7) is 0.464. The summed E-state index contributed by atoms with van der Waals surface area (Å²) in [5, 5.41) is 13.0. The zero-order valence-electron chi connectivity index (χ0n) is 12.3. The van der Waals surface area contributed by atoms with E-state index in [0.717, 1.165) is 5.56 Å². The van der Waals surface area contributed by atoms with E-state index in [4.69, 9.17) is 16.8 Å². The Morgan fingerprint density at radius 2 is 2.00 bits per heavy atom. The normalized spacial score (nSPS) is 15.9. The van der Waals surface area contributed by atoms with Crippen molar-refractivity contribution in [3.05, 3.63) is 70.8 Å². The molecule has 0 fully saturated rings. The molecule has 3 rings (SSSR count). The van der Waals surface area contributed by atoms with Crippen molar-refractivity contribution >= 4 is 35.0 Å². The summed E-state index contributed by atoms with van der Waals surface area (Å²) >= 11 is 6.01. The van der Waals surface area contributed by atoms with Crippen LogP contribution in [0.3, 0.4) is 0 Å². The number of fused-ring (bicyclic) bond motifs is 1. The highest BCUT2D eigenvalue weighted by atomic mass is 35.5. The summed E-state index contributed by atoms with van der Waals surface area (Å²) in [5.74, 6) is -0.116. The molecule has 1 N–H and O–H groups in total. The zero-order chi connectivity index (χ0) is 16.2. The highest BCUT2D eigenvalue weighted by Gasteiger charge is 2.25. The largest absolute Gasteiger partial charge is 0.411 e. The number of hydrogen-bond donors (Lipinski definition) is 1. The highest BCUT2D eigenvalue weighted by Crippen LogP contribution is 2.30. The first-order chi connectivity index (χ1) is 11.2. The number of benzene rings is 2. The quantitative estimate of drug-likeness (QED) is 0.516. The van der Waals surface area contributed by atoms with E-state index in [1.54, 1.807) is 35.3 Å². The standard InChI is InChI=1S/C18H15ClN2O2/c19-14-7-8-17-15(12-14)16(20-23)10-11-21(17)18(22)9-6-13-4-2-1-3-5-13/h1-9,12,23H,10-11H2/b9-6+,20-16+. The predicted octanol–water partition coefficient (Wildman–Crippen LogP) is 3.97. The first-order valence-electron chi connectivity index (χ1n) is 7.24. The number of carbonyl (C=O) groups is 1. The van der Waals surface area contributed by atoms with Crippen LogP contribution in [0, 0.1) is 0 Å². The molecular formula is C18H15ClN2O2. The van der Waals surface area contributed by atoms with Crippen molar-refractivity contribution in [1.29, 1.82) is 0 Å². The second kappa shape index (κ2) is 6.67. The Morgan fingerprint density at radius 1 is 1.22 bits per heavy atom. The van der Waals surface area contributed by atoms with Gasteiger partial charge in [-0.1, -0.05) is 47.1 Å². The number of rotatable bonds is 2. The summed E-state index contributed by atoms with van der Waals surface area (Å²) in [7, 11) is 0. The summed E-state index contributed by atoms with van der Waals surface area (Å²) in [5.41, 5.74) is 2.90. The average molecular weight is 327 g/mol. The summed E-state index contributed by atoms with van der Waals surface area (Å²) in [6.07, 6.45) is 3.82. The molecule has 1 heterocycles. The first kappa shape index (κ1) is 15.3. The van der Waals surface area contributed by atoms with E-state index in [2.05, 4.69) is 5.16 Å². The maximum atomic E-state index is 12.5. The molecule has 0 radical (unpaired) electrons. The van der Waals surface area contributed by atoms with Crippen LogP contribution >= 0.6 is 11.6 Å². The summed E-state index contributed by atoms with van der Waals surface area (Å²) in [6, 6.07) is 14.9. The van der Waals surface area contributed by atoms with Gasteiger partial charge >= 0.3 is 0 Å². The van der Waals surface area contributed by atoms with Gasteiger partial charge in [-0.05, 0) is 29.8 Å². The molecule has 4 nitrogen and oxygen atoms in total. The molecule has 0 aliphatic carbocycles. The Hall–Kier alpha value is -2.59. The monoisotopic (exact) mass is 326 g/mol. The maximum absolute atomic E-state index is 12.5. The van der Waals surface area contributed by atoms with Crippen LogP contribution in [-0.2, 0) is 4.79 Å². The molecule has 0 spiro atoms. The number of hydrogen-bond acceptors (Lipinski definition) is 3. The topological polar surface area (TPSA) is 52.9 Å². The van der Waals surface area contributed by atoms with Crippen LogP contribution in [-0.4, -0.2) is 23.4 Å². The molecule has 116 valence electrons. The summed E-state index contributed by atoms with van der Waals surface area (Å²) < 4.78 is 0. The number of amides is 1. The van der Waals surface area contributed by atoms with E-state index in [-0.39, 0.29) is 5.91 Å². The molecule has 0 bridgehead atoms. The smallest absolute Gasteiger partial charge is 0.251 e. The fourth-order valence-corrected chi connectivity index (χ4v) is 2.77. The molecule has 1 aliphatic rings. The Balaban J connectivity index is 1.89. The fraction of sp³-hybridized carbons (Fsp3) is 0.111. The molecule has 5 heteroatoms. The lowest BCUT2D eigenvalue weighted by Gasteiger charge is -2.29. The molecular weight excluding hydrogens is 312 g/mol. The number of halogens is 1. The van der Waals surface area contributed by atoms with Crippen molar-refractivity contribution in [1.82, 2.24) is 0 Å². The molecule has 23 heavy (non-hydrogen) atoms. The molecule has 0 atom stereocenters. The summed E-state index contributed by atoms with van der Waals surface area (Å²) in [4.78, 5) is 14.2. The van der Waals surface area contributed by atoms with Gasteiger partial charge in [0.1, 0.15) is 0 Å². The van der Waals surface area contributed by atoms with E-state index < -0.39 is 0 Å². The highest BCUT2D eigenvalue weighted by molar-refractivity contribution is 6.31. The molecule has 2 aromatic rings. The van der Waals surface area contributed by atoms with Crippen LogP contribution in [0.15, 0.2) is 59.8 Å². The van der Waals surface area contributed by atoms with Gasteiger partial charge < -0.3 is 10.1 Å². The van der Waals surface area contributed by atoms with E-state index in [1.165, 1.54) is 0 Å². The van der Waals surface area contributed by atoms with Crippen molar-refractivity contribution in [2.75, 3.05) is 11.4 Å². The van der Waals surface area contributed by atoms with Crippen molar-refractivity contribution in [2.24, 2.45) is 5.16 Å². The van der Waals surface area contributed by atoms with Gasteiger partial charge in [-0.15, -0.1) is 0 Å². The van der Waals surface area contributed by atoms with Gasteiger partial charge in [0.15, 0.2) is 0 Å². The van der Waals surface area contributed by atoms with Crippen LogP contribution in [0.2, 0.25) is 5.02 Å². The lowest BCUT2D eigenvalue weighted by atomic mass is 9.99. The second-order valence-electron chi connectivity index (χ2n) is 5.19. The van der Waals surface area contributed by atoms with Crippen molar-refractivity contribution in [2.45, 2.75) is 6.42 Å². The van der Waals surface area contributed by atoms with Gasteiger partial charge in [0, 0.05) is 29.6 Å². The van der Waals surface area contributed by atoms with Gasteiger partial charge in [-0.2, -0.15) is 0 Å². The van der Waals surface area contributed by atoms with E-state index in [9.17, 15) is 4.79 Å². The van der Waals surface area contributed by atoms with E-state index in [1.807, 2.05) is 30.3 Å². The second-order valence-corrected chi connectivity index (χ2v) is 5.63. The first-order valence-corrected chi connectivity index (χ1v) is 7.62. The van der Waals surface area contributed by atoms with Crippen LogP contribution in [0.5, 0.6) is 0 Å². The van der Waals surface area contributed by atoms with Gasteiger partial charge in [-0.3, -0.25) is 4.79 Å². The third kappa shape index (κ3) is 3.27. The Kier molecular flexibility index (Phi) is 4.44. The van der Waals surface area contributed by atoms with Crippen molar-refractivity contribution in [3.8, 4) is 0 Å². The minimum atomic E-state index is -0.116. The zero-order valence-corrected chi connectivity index (χ0v) is 13.1. The third-order valence-electron chi connectivity index (χ3n) is 3.74. The van der Waals surface area contributed by atoms with Crippen LogP contribution < -0.4 is 4.90 Å². The molecule has 1 amide bonds. The predicted molar refractivity (Wildman–Crippen MR) is 92.2 cm³/mol. The fourth-order valence-electron chi connectivity index (χ4n) is 2.60. The molecule has 0 unspecified atom stereocenters. The number of nitrogens with zero attached hydrogens (tertiary/aromatic N) is 2. The molecule has 1 aliphatic heterocycles. The Morgan fingerprint density at radius 3 is 2.74 bits per heavy atom. The number of anilines is 1. The van der Waals surface area contributed by atoms with Crippen LogP contribution in [0.25, 0.3) is 6.08 Å².